The van der Waals surface area contributed by atoms with Crippen LogP contribution in [-0.2, 0) is 15.1 Å². The first kappa shape index (κ1) is 16.3. The molecule has 2 rings (SSSR count). The van der Waals surface area contributed by atoms with Gasteiger partial charge in [0.25, 0.3) is 0 Å². The molecule has 2 unspecified atom stereocenters. The molecule has 0 spiro atoms. The fourth-order valence-corrected chi connectivity index (χ4v) is 2.89. The van der Waals surface area contributed by atoms with E-state index in [1.165, 1.54) is 0 Å². The van der Waals surface area contributed by atoms with E-state index in [9.17, 15) is 5.11 Å². The first-order chi connectivity index (χ1) is 10.0. The van der Waals surface area contributed by atoms with E-state index in [1.54, 1.807) is 7.11 Å². The van der Waals surface area contributed by atoms with Crippen molar-refractivity contribution in [2.24, 2.45) is 0 Å². The Hall–Kier alpha value is -1.10. The van der Waals surface area contributed by atoms with Gasteiger partial charge in [-0.2, -0.15) is 0 Å². The van der Waals surface area contributed by atoms with Gasteiger partial charge in [-0.15, -0.1) is 0 Å². The molecule has 0 aromatic heterocycles. The third-order valence-corrected chi connectivity index (χ3v) is 4.31. The highest BCUT2D eigenvalue weighted by Crippen LogP contribution is 2.43. The van der Waals surface area contributed by atoms with Crippen LogP contribution in [0.25, 0.3) is 0 Å². The Bertz CT molecular complexity index is 462. The van der Waals surface area contributed by atoms with Crippen molar-refractivity contribution in [2.45, 2.75) is 44.3 Å². The highest BCUT2D eigenvalue weighted by molar-refractivity contribution is 5.38. The molecule has 1 N–H and O–H groups in total. The van der Waals surface area contributed by atoms with Crippen LogP contribution in [0.2, 0.25) is 0 Å². The minimum atomic E-state index is -0.896. The number of ether oxygens (including phenoxy) is 3. The van der Waals surface area contributed by atoms with Crippen LogP contribution in [0.5, 0.6) is 5.75 Å². The van der Waals surface area contributed by atoms with Crippen molar-refractivity contribution in [3.63, 3.8) is 0 Å². The number of para-hydroxylation sites is 1. The molecule has 4 heteroatoms. The van der Waals surface area contributed by atoms with Gasteiger partial charge in [0.05, 0.1) is 24.4 Å². The Morgan fingerprint density at radius 2 is 2.05 bits per heavy atom. The van der Waals surface area contributed by atoms with Gasteiger partial charge in [0.1, 0.15) is 12.4 Å². The van der Waals surface area contributed by atoms with Gasteiger partial charge in [-0.25, -0.2) is 0 Å². The molecule has 0 radical (unpaired) electrons. The molecule has 1 aromatic rings. The quantitative estimate of drug-likeness (QED) is 0.820. The summed E-state index contributed by atoms with van der Waals surface area (Å²) in [6, 6.07) is 7.72. The first-order valence-electron chi connectivity index (χ1n) is 7.60. The molecule has 1 heterocycles. The van der Waals surface area contributed by atoms with E-state index in [2.05, 4.69) is 13.8 Å². The van der Waals surface area contributed by atoms with Crippen molar-refractivity contribution in [3.8, 4) is 5.75 Å². The van der Waals surface area contributed by atoms with Crippen LogP contribution in [0.3, 0.4) is 0 Å². The first-order valence-corrected chi connectivity index (χ1v) is 7.60. The summed E-state index contributed by atoms with van der Waals surface area (Å²) in [7, 11) is 1.65. The molecule has 1 aliphatic heterocycles. The molecule has 0 aliphatic carbocycles. The topological polar surface area (TPSA) is 47.9 Å². The summed E-state index contributed by atoms with van der Waals surface area (Å²) in [6.45, 7) is 5.72. The second kappa shape index (κ2) is 6.77. The molecule has 1 fully saturated rings. The molecule has 1 saturated heterocycles. The van der Waals surface area contributed by atoms with Crippen molar-refractivity contribution >= 4 is 0 Å². The smallest absolute Gasteiger partial charge is 0.125 e. The SMILES string of the molecule is CCC1(C)CC(O)(c2ccccc2OCCOC)CCO1. The Kier molecular flexibility index (Phi) is 5.25. The number of hydrogen-bond acceptors (Lipinski definition) is 4. The Balaban J connectivity index is 2.23. The van der Waals surface area contributed by atoms with Crippen LogP contribution in [0.15, 0.2) is 24.3 Å². The van der Waals surface area contributed by atoms with Crippen molar-refractivity contribution in [1.29, 1.82) is 0 Å². The van der Waals surface area contributed by atoms with Gasteiger partial charge in [-0.3, -0.25) is 0 Å². The van der Waals surface area contributed by atoms with Crippen molar-refractivity contribution in [2.75, 3.05) is 26.9 Å². The fraction of sp³-hybridized carbons (Fsp3) is 0.647. The van der Waals surface area contributed by atoms with Crippen LogP contribution in [0, 0.1) is 0 Å². The average molecular weight is 294 g/mol. The minimum absolute atomic E-state index is 0.285. The van der Waals surface area contributed by atoms with E-state index in [0.29, 0.717) is 32.7 Å². The Morgan fingerprint density at radius 1 is 1.29 bits per heavy atom. The number of hydrogen-bond donors (Lipinski definition) is 1. The second-order valence-corrected chi connectivity index (χ2v) is 5.95. The molecule has 0 saturated carbocycles. The molecule has 4 nitrogen and oxygen atoms in total. The largest absolute Gasteiger partial charge is 0.491 e. The maximum Gasteiger partial charge on any atom is 0.125 e. The normalized spacial score (nSPS) is 29.3. The lowest BCUT2D eigenvalue weighted by Gasteiger charge is -2.43. The Morgan fingerprint density at radius 3 is 2.76 bits per heavy atom. The zero-order valence-electron chi connectivity index (χ0n) is 13.2. The monoisotopic (exact) mass is 294 g/mol. The molecule has 0 amide bonds. The van der Waals surface area contributed by atoms with E-state index >= 15 is 0 Å². The van der Waals surface area contributed by atoms with E-state index in [1.807, 2.05) is 24.3 Å². The summed E-state index contributed by atoms with van der Waals surface area (Å²) < 4.78 is 16.6. The molecule has 118 valence electrons. The van der Waals surface area contributed by atoms with E-state index in [4.69, 9.17) is 14.2 Å². The lowest BCUT2D eigenvalue weighted by Crippen LogP contribution is -2.45. The number of methoxy groups -OCH3 is 1. The van der Waals surface area contributed by atoms with Gasteiger partial charge in [0.15, 0.2) is 0 Å². The predicted octanol–water partition coefficient (Wildman–Crippen LogP) is 2.88. The summed E-state index contributed by atoms with van der Waals surface area (Å²) in [5.74, 6) is 0.734. The molecule has 2 atom stereocenters. The maximum absolute atomic E-state index is 11.2. The van der Waals surface area contributed by atoms with E-state index < -0.39 is 5.60 Å². The molecular weight excluding hydrogens is 268 g/mol. The highest BCUT2D eigenvalue weighted by Gasteiger charge is 2.43. The van der Waals surface area contributed by atoms with Crippen LogP contribution in [0.4, 0.5) is 0 Å². The highest BCUT2D eigenvalue weighted by atomic mass is 16.5. The fourth-order valence-electron chi connectivity index (χ4n) is 2.89. The summed E-state index contributed by atoms with van der Waals surface area (Å²) in [5, 5.41) is 11.2. The lowest BCUT2D eigenvalue weighted by molar-refractivity contribution is -0.158. The van der Waals surface area contributed by atoms with Crippen LogP contribution >= 0.6 is 0 Å². The summed E-state index contributed by atoms with van der Waals surface area (Å²) >= 11 is 0. The zero-order valence-corrected chi connectivity index (χ0v) is 13.2. The van der Waals surface area contributed by atoms with Crippen LogP contribution < -0.4 is 4.74 Å². The third kappa shape index (κ3) is 3.76. The minimum Gasteiger partial charge on any atom is -0.491 e. The second-order valence-electron chi connectivity index (χ2n) is 5.95. The number of benzene rings is 1. The molecular formula is C17H26O4. The van der Waals surface area contributed by atoms with Gasteiger partial charge in [-0.05, 0) is 19.4 Å². The lowest BCUT2D eigenvalue weighted by atomic mass is 9.77. The molecule has 1 aliphatic rings. The van der Waals surface area contributed by atoms with Crippen LogP contribution in [-0.4, -0.2) is 37.6 Å². The average Bonchev–Trinajstić information content (AvgIpc) is 2.48. The molecule has 0 bridgehead atoms. The zero-order chi connectivity index (χ0) is 15.3. The van der Waals surface area contributed by atoms with Gasteiger partial charge in [-0.1, -0.05) is 25.1 Å². The molecule has 1 aromatic carbocycles. The van der Waals surface area contributed by atoms with Crippen molar-refractivity contribution in [3.05, 3.63) is 29.8 Å². The summed E-state index contributed by atoms with van der Waals surface area (Å²) in [4.78, 5) is 0. The summed E-state index contributed by atoms with van der Waals surface area (Å²) in [6.07, 6.45) is 2.05. The van der Waals surface area contributed by atoms with E-state index in [-0.39, 0.29) is 5.60 Å². The number of aliphatic hydroxyl groups is 1. The Labute approximate surface area is 127 Å². The van der Waals surface area contributed by atoms with Gasteiger partial charge < -0.3 is 19.3 Å². The predicted molar refractivity (Wildman–Crippen MR) is 81.6 cm³/mol. The van der Waals surface area contributed by atoms with Crippen molar-refractivity contribution in [1.82, 2.24) is 0 Å². The summed E-state index contributed by atoms with van der Waals surface area (Å²) in [5.41, 5.74) is -0.330. The van der Waals surface area contributed by atoms with Gasteiger partial charge >= 0.3 is 0 Å². The number of rotatable bonds is 6. The standard InChI is InChI=1S/C17H26O4/c1-4-16(2)13-17(18,9-10-21-16)14-7-5-6-8-15(14)20-12-11-19-3/h5-8,18H,4,9-13H2,1-3H3. The third-order valence-electron chi connectivity index (χ3n) is 4.31. The van der Waals surface area contributed by atoms with Gasteiger partial charge in [0.2, 0.25) is 0 Å². The maximum atomic E-state index is 11.2. The van der Waals surface area contributed by atoms with Crippen LogP contribution in [0.1, 0.15) is 38.7 Å². The van der Waals surface area contributed by atoms with E-state index in [0.717, 1.165) is 17.7 Å². The molecule has 21 heavy (non-hydrogen) atoms. The van der Waals surface area contributed by atoms with Crippen molar-refractivity contribution < 1.29 is 19.3 Å². The van der Waals surface area contributed by atoms with Gasteiger partial charge in [0, 0.05) is 25.5 Å².